The number of carbonyl (C=O) groups excluding carboxylic acids is 1. The molecule has 2 aromatic carbocycles. The lowest BCUT2D eigenvalue weighted by Gasteiger charge is -2.03. The molecule has 0 atom stereocenters. The number of aromatic nitrogens is 6. The normalized spacial score (nSPS) is 13.2. The predicted molar refractivity (Wildman–Crippen MR) is 99.7 cm³/mol. The van der Waals surface area contributed by atoms with Gasteiger partial charge in [0.15, 0.2) is 5.78 Å². The molecular weight excluding hydrogens is 394 g/mol. The summed E-state index contributed by atoms with van der Waals surface area (Å²) in [6.45, 7) is 0.368. The third kappa shape index (κ3) is 3.25. The first-order valence-corrected chi connectivity index (χ1v) is 9.22. The Morgan fingerprint density at radius 2 is 1.80 bits per heavy atom. The molecule has 0 bridgehead atoms. The fourth-order valence-electron chi connectivity index (χ4n) is 3.47. The van der Waals surface area contributed by atoms with Gasteiger partial charge < -0.3 is 4.42 Å². The van der Waals surface area contributed by atoms with E-state index in [2.05, 4.69) is 25.6 Å². The number of alkyl halides is 2. The van der Waals surface area contributed by atoms with Crippen LogP contribution >= 0.6 is 0 Å². The monoisotopic (exact) mass is 408 g/mol. The van der Waals surface area contributed by atoms with Crippen LogP contribution in [-0.4, -0.2) is 36.2 Å². The minimum absolute atomic E-state index is 0.0329. The number of nitrogens with zero attached hydrogens (tertiary/aromatic N) is 6. The van der Waals surface area contributed by atoms with Gasteiger partial charge in [0.25, 0.3) is 5.89 Å². The number of hydrogen-bond donors (Lipinski definition) is 0. The van der Waals surface area contributed by atoms with Crippen LogP contribution in [0.15, 0.2) is 46.9 Å². The molecule has 30 heavy (non-hydrogen) atoms. The van der Waals surface area contributed by atoms with Gasteiger partial charge in [-0.15, -0.1) is 20.4 Å². The number of tetrazole rings is 1. The summed E-state index contributed by atoms with van der Waals surface area (Å²) >= 11 is 0. The minimum atomic E-state index is -2.80. The lowest BCUT2D eigenvalue weighted by atomic mass is 10.0. The van der Waals surface area contributed by atoms with Crippen molar-refractivity contribution < 1.29 is 18.0 Å². The van der Waals surface area contributed by atoms with Gasteiger partial charge in [-0.25, -0.2) is 0 Å². The molecule has 5 rings (SSSR count). The molecular formula is C20H14F2N6O2. The van der Waals surface area contributed by atoms with Gasteiger partial charge >= 0.3 is 6.43 Å². The second-order valence-corrected chi connectivity index (χ2v) is 6.84. The number of ketones is 1. The van der Waals surface area contributed by atoms with Gasteiger partial charge in [0, 0.05) is 23.1 Å². The Kier molecular flexibility index (Phi) is 4.38. The van der Waals surface area contributed by atoms with E-state index in [1.165, 1.54) is 4.80 Å². The van der Waals surface area contributed by atoms with Crippen molar-refractivity contribution in [2.45, 2.75) is 25.8 Å². The minimum Gasteiger partial charge on any atom is -0.415 e. The number of fused-ring (bicyclic) bond motifs is 1. The van der Waals surface area contributed by atoms with Crippen LogP contribution in [0.3, 0.4) is 0 Å². The summed E-state index contributed by atoms with van der Waals surface area (Å²) in [7, 11) is 0. The fourth-order valence-corrected chi connectivity index (χ4v) is 3.47. The van der Waals surface area contributed by atoms with Crippen molar-refractivity contribution in [3.63, 3.8) is 0 Å². The van der Waals surface area contributed by atoms with Crippen molar-refractivity contribution in [3.05, 3.63) is 65.0 Å². The van der Waals surface area contributed by atoms with Crippen LogP contribution in [0.1, 0.15) is 40.2 Å². The number of rotatable bonds is 5. The maximum absolute atomic E-state index is 12.6. The standard InChI is InChI=1S/C20H14F2N6O2/c21-17(22)20-25-24-19(30-20)12-6-4-11(5-7-12)10-28-26-18(23-27-28)15-3-1-2-14-13(15)8-9-16(14)29/h1-7,17H,8-10H2. The van der Waals surface area contributed by atoms with Crippen molar-refractivity contribution >= 4 is 5.78 Å². The van der Waals surface area contributed by atoms with E-state index in [0.717, 1.165) is 22.3 Å². The Labute approximate surface area is 168 Å². The molecule has 0 saturated carbocycles. The lowest BCUT2D eigenvalue weighted by molar-refractivity contribution is 0.0994. The average molecular weight is 408 g/mol. The van der Waals surface area contributed by atoms with Gasteiger partial charge in [-0.2, -0.15) is 13.6 Å². The highest BCUT2D eigenvalue weighted by Crippen LogP contribution is 2.30. The molecule has 8 nitrogen and oxygen atoms in total. The maximum atomic E-state index is 12.6. The first-order chi connectivity index (χ1) is 14.6. The highest BCUT2D eigenvalue weighted by molar-refractivity contribution is 6.02. The Hall–Kier alpha value is -3.82. The summed E-state index contributed by atoms with van der Waals surface area (Å²) in [4.78, 5) is 13.4. The van der Waals surface area contributed by atoms with Crippen molar-refractivity contribution in [1.29, 1.82) is 0 Å². The molecule has 0 fully saturated rings. The number of benzene rings is 2. The molecule has 2 heterocycles. The van der Waals surface area contributed by atoms with Gasteiger partial charge in [-0.3, -0.25) is 4.79 Å². The predicted octanol–water partition coefficient (Wildman–Crippen LogP) is 3.50. The Morgan fingerprint density at radius 1 is 1.00 bits per heavy atom. The lowest BCUT2D eigenvalue weighted by Crippen LogP contribution is -2.04. The SMILES string of the molecule is O=C1CCc2c1cccc2-c1nnn(Cc2ccc(-c3nnc(C(F)F)o3)cc2)n1. The summed E-state index contributed by atoms with van der Waals surface area (Å²) in [6.07, 6.45) is -1.61. The summed E-state index contributed by atoms with van der Waals surface area (Å²) in [6, 6.07) is 12.5. The molecule has 0 radical (unpaired) electrons. The van der Waals surface area contributed by atoms with Crippen LogP contribution in [0.5, 0.6) is 0 Å². The molecule has 0 saturated heterocycles. The zero-order chi connectivity index (χ0) is 20.7. The van der Waals surface area contributed by atoms with Crippen LogP contribution < -0.4 is 0 Å². The molecule has 0 N–H and O–H groups in total. The van der Waals surface area contributed by atoms with Crippen molar-refractivity contribution in [2.75, 3.05) is 0 Å². The number of hydrogen-bond acceptors (Lipinski definition) is 7. The van der Waals surface area contributed by atoms with E-state index in [-0.39, 0.29) is 11.7 Å². The van der Waals surface area contributed by atoms with Crippen molar-refractivity contribution in [3.8, 4) is 22.8 Å². The quantitative estimate of drug-likeness (QED) is 0.498. The van der Waals surface area contributed by atoms with E-state index < -0.39 is 12.3 Å². The molecule has 0 unspecified atom stereocenters. The largest absolute Gasteiger partial charge is 0.415 e. The molecule has 4 aromatic rings. The zero-order valence-corrected chi connectivity index (χ0v) is 15.5. The molecule has 0 amide bonds. The molecule has 150 valence electrons. The van der Waals surface area contributed by atoms with Crippen LogP contribution in [-0.2, 0) is 13.0 Å². The van der Waals surface area contributed by atoms with Crippen LogP contribution in [0, 0.1) is 0 Å². The van der Waals surface area contributed by atoms with Gasteiger partial charge in [0.1, 0.15) is 0 Å². The summed E-state index contributed by atoms with van der Waals surface area (Å²) in [5.41, 5.74) is 3.94. The molecule has 1 aliphatic rings. The first-order valence-electron chi connectivity index (χ1n) is 9.22. The summed E-state index contributed by atoms with van der Waals surface area (Å²) in [5, 5.41) is 19.6. The van der Waals surface area contributed by atoms with Crippen LogP contribution in [0.2, 0.25) is 0 Å². The van der Waals surface area contributed by atoms with E-state index in [1.54, 1.807) is 24.3 Å². The van der Waals surface area contributed by atoms with E-state index in [0.29, 0.717) is 30.8 Å². The van der Waals surface area contributed by atoms with Gasteiger partial charge in [-0.1, -0.05) is 30.3 Å². The smallest absolute Gasteiger partial charge is 0.314 e. The second-order valence-electron chi connectivity index (χ2n) is 6.84. The summed E-state index contributed by atoms with van der Waals surface area (Å²) in [5.74, 6) is -0.0576. The Balaban J connectivity index is 1.34. The van der Waals surface area contributed by atoms with E-state index in [9.17, 15) is 13.6 Å². The van der Waals surface area contributed by atoms with E-state index in [1.807, 2.05) is 18.2 Å². The highest BCUT2D eigenvalue weighted by atomic mass is 19.3. The number of carbonyl (C=O) groups is 1. The number of halogens is 2. The molecule has 0 aliphatic heterocycles. The van der Waals surface area contributed by atoms with E-state index in [4.69, 9.17) is 4.42 Å². The highest BCUT2D eigenvalue weighted by Gasteiger charge is 2.24. The average Bonchev–Trinajstić information content (AvgIpc) is 3.49. The topological polar surface area (TPSA) is 99.6 Å². The Morgan fingerprint density at radius 3 is 2.57 bits per heavy atom. The van der Waals surface area contributed by atoms with Gasteiger partial charge in [0.2, 0.25) is 11.7 Å². The van der Waals surface area contributed by atoms with Crippen molar-refractivity contribution in [1.82, 2.24) is 30.4 Å². The van der Waals surface area contributed by atoms with E-state index >= 15 is 0 Å². The Bertz CT molecular complexity index is 1230. The zero-order valence-electron chi connectivity index (χ0n) is 15.5. The molecule has 1 aliphatic carbocycles. The second kappa shape index (κ2) is 7.21. The van der Waals surface area contributed by atoms with Crippen LogP contribution in [0.25, 0.3) is 22.8 Å². The van der Waals surface area contributed by atoms with Crippen molar-refractivity contribution in [2.24, 2.45) is 0 Å². The molecule has 2 aromatic heterocycles. The maximum Gasteiger partial charge on any atom is 0.314 e. The third-order valence-electron chi connectivity index (χ3n) is 4.92. The number of Topliss-reactive ketones (excluding diaryl/α,β-unsaturated/α-hetero) is 1. The first kappa shape index (κ1) is 18.2. The molecule has 0 spiro atoms. The summed E-state index contributed by atoms with van der Waals surface area (Å²) < 4.78 is 30.1. The third-order valence-corrected chi connectivity index (χ3v) is 4.92. The molecule has 10 heteroatoms. The van der Waals surface area contributed by atoms with Gasteiger partial charge in [0.05, 0.1) is 6.54 Å². The van der Waals surface area contributed by atoms with Crippen LogP contribution in [0.4, 0.5) is 8.78 Å². The van der Waals surface area contributed by atoms with Gasteiger partial charge in [-0.05, 0) is 34.9 Å². The fraction of sp³-hybridized carbons (Fsp3) is 0.200.